The normalized spacial score (nSPS) is 12.5. The minimum atomic E-state index is -1.82. The Morgan fingerprint density at radius 2 is 2.31 bits per heavy atom. The van der Waals surface area contributed by atoms with Crippen LogP contribution in [0.1, 0.15) is 5.56 Å². The predicted octanol–water partition coefficient (Wildman–Crippen LogP) is 2.41. The second kappa shape index (κ2) is 4.37. The van der Waals surface area contributed by atoms with Gasteiger partial charge in [-0.1, -0.05) is 28.1 Å². The summed E-state index contributed by atoms with van der Waals surface area (Å²) in [6, 6.07) is 6.95. The van der Waals surface area contributed by atoms with E-state index < -0.39 is 12.1 Å². The minimum absolute atomic E-state index is 0.0885. The molecule has 13 heavy (non-hydrogen) atoms. The van der Waals surface area contributed by atoms with Crippen LogP contribution < -0.4 is 0 Å². The minimum Gasteiger partial charge on any atom is -0.479 e. The van der Waals surface area contributed by atoms with Gasteiger partial charge in [0.2, 0.25) is 6.17 Å². The highest BCUT2D eigenvalue weighted by Gasteiger charge is 2.15. The Morgan fingerprint density at radius 3 is 2.85 bits per heavy atom. The summed E-state index contributed by atoms with van der Waals surface area (Å²) in [6.07, 6.45) is -1.91. The fourth-order valence-corrected chi connectivity index (χ4v) is 1.40. The maximum atomic E-state index is 12.7. The molecule has 0 spiro atoms. The van der Waals surface area contributed by atoms with E-state index in [2.05, 4.69) is 15.9 Å². The molecular formula is C9H8BrFO2. The fraction of sp³-hybridized carbons (Fsp3) is 0.222. The average Bonchev–Trinajstić information content (AvgIpc) is 2.04. The molecule has 0 aliphatic carbocycles. The first kappa shape index (κ1) is 10.2. The maximum Gasteiger partial charge on any atom is 0.338 e. The molecule has 0 aliphatic rings. The topological polar surface area (TPSA) is 37.3 Å². The summed E-state index contributed by atoms with van der Waals surface area (Å²) >= 11 is 3.22. The Labute approximate surface area is 83.5 Å². The molecule has 1 N–H and O–H groups in total. The Kier molecular flexibility index (Phi) is 3.42. The number of carbonyl (C=O) groups is 1. The van der Waals surface area contributed by atoms with Gasteiger partial charge >= 0.3 is 5.97 Å². The molecule has 0 saturated carbocycles. The van der Waals surface area contributed by atoms with Crippen molar-refractivity contribution in [3.05, 3.63) is 34.3 Å². The van der Waals surface area contributed by atoms with Gasteiger partial charge in [0.1, 0.15) is 0 Å². The van der Waals surface area contributed by atoms with Crippen LogP contribution in [0.2, 0.25) is 0 Å². The molecule has 0 radical (unpaired) electrons. The second-order valence-electron chi connectivity index (χ2n) is 2.64. The van der Waals surface area contributed by atoms with Crippen molar-refractivity contribution in [2.45, 2.75) is 12.6 Å². The highest BCUT2D eigenvalue weighted by molar-refractivity contribution is 9.10. The standard InChI is InChI=1S/C9H8BrFO2/c10-7-3-1-2-6(4-7)5-8(11)9(12)13/h1-4,8H,5H2,(H,12,13)/t8-/m0/s1. The Bertz CT molecular complexity index is 314. The summed E-state index contributed by atoms with van der Waals surface area (Å²) in [7, 11) is 0. The van der Waals surface area contributed by atoms with E-state index in [4.69, 9.17) is 5.11 Å². The van der Waals surface area contributed by atoms with Crippen molar-refractivity contribution in [3.8, 4) is 0 Å². The molecule has 0 unspecified atom stereocenters. The molecule has 0 aromatic heterocycles. The largest absolute Gasteiger partial charge is 0.479 e. The van der Waals surface area contributed by atoms with Crippen LogP contribution in [0.4, 0.5) is 4.39 Å². The van der Waals surface area contributed by atoms with Gasteiger partial charge in [0.25, 0.3) is 0 Å². The van der Waals surface area contributed by atoms with E-state index in [9.17, 15) is 9.18 Å². The number of hydrogen-bond acceptors (Lipinski definition) is 1. The van der Waals surface area contributed by atoms with Crippen LogP contribution in [0, 0.1) is 0 Å². The number of hydrogen-bond donors (Lipinski definition) is 1. The maximum absolute atomic E-state index is 12.7. The lowest BCUT2D eigenvalue weighted by Gasteiger charge is -2.03. The molecule has 1 aromatic rings. The molecule has 2 nitrogen and oxygen atoms in total. The molecule has 4 heteroatoms. The first-order valence-electron chi connectivity index (χ1n) is 3.71. The van der Waals surface area contributed by atoms with Gasteiger partial charge in [-0.2, -0.15) is 0 Å². The van der Waals surface area contributed by atoms with Crippen molar-refractivity contribution in [1.29, 1.82) is 0 Å². The van der Waals surface area contributed by atoms with Gasteiger partial charge in [0, 0.05) is 10.9 Å². The van der Waals surface area contributed by atoms with Crippen molar-refractivity contribution < 1.29 is 14.3 Å². The van der Waals surface area contributed by atoms with Crippen molar-refractivity contribution in [2.24, 2.45) is 0 Å². The van der Waals surface area contributed by atoms with E-state index in [1.807, 2.05) is 0 Å². The van der Waals surface area contributed by atoms with Crippen molar-refractivity contribution in [1.82, 2.24) is 0 Å². The van der Waals surface area contributed by atoms with Gasteiger partial charge in [-0.3, -0.25) is 0 Å². The van der Waals surface area contributed by atoms with E-state index in [1.165, 1.54) is 0 Å². The summed E-state index contributed by atoms with van der Waals surface area (Å²) in [5.74, 6) is -1.42. The average molecular weight is 247 g/mol. The number of carboxylic acids is 1. The Hall–Kier alpha value is -0.900. The molecule has 1 aromatic carbocycles. The van der Waals surface area contributed by atoms with Crippen LogP contribution in [0.5, 0.6) is 0 Å². The number of alkyl halides is 1. The molecule has 0 saturated heterocycles. The number of benzene rings is 1. The van der Waals surface area contributed by atoms with Gasteiger partial charge in [-0.25, -0.2) is 9.18 Å². The molecule has 0 amide bonds. The van der Waals surface area contributed by atoms with E-state index in [1.54, 1.807) is 24.3 Å². The van der Waals surface area contributed by atoms with E-state index in [-0.39, 0.29) is 6.42 Å². The zero-order chi connectivity index (χ0) is 9.84. The lowest BCUT2D eigenvalue weighted by molar-refractivity contribution is -0.142. The number of aliphatic carboxylic acids is 1. The van der Waals surface area contributed by atoms with Crippen LogP contribution in [-0.4, -0.2) is 17.2 Å². The zero-order valence-electron chi connectivity index (χ0n) is 6.71. The number of halogens is 2. The van der Waals surface area contributed by atoms with Crippen LogP contribution in [0.15, 0.2) is 28.7 Å². The van der Waals surface area contributed by atoms with E-state index in [0.29, 0.717) is 5.56 Å². The van der Waals surface area contributed by atoms with Gasteiger partial charge in [-0.15, -0.1) is 0 Å². The zero-order valence-corrected chi connectivity index (χ0v) is 8.29. The summed E-state index contributed by atoms with van der Waals surface area (Å²) in [6.45, 7) is 0. The van der Waals surface area contributed by atoms with Crippen LogP contribution in [0.3, 0.4) is 0 Å². The number of rotatable bonds is 3. The van der Waals surface area contributed by atoms with E-state index >= 15 is 0 Å². The molecule has 1 atom stereocenters. The number of carboxylic acid groups (broad SMARTS) is 1. The summed E-state index contributed by atoms with van der Waals surface area (Å²) in [4.78, 5) is 10.2. The lowest BCUT2D eigenvalue weighted by atomic mass is 10.1. The Morgan fingerprint density at radius 1 is 1.62 bits per heavy atom. The first-order chi connectivity index (χ1) is 6.09. The Balaban J connectivity index is 2.69. The van der Waals surface area contributed by atoms with Gasteiger partial charge < -0.3 is 5.11 Å². The molecular weight excluding hydrogens is 239 g/mol. The SMILES string of the molecule is O=C(O)[C@@H](F)Cc1cccc(Br)c1. The molecule has 0 heterocycles. The fourth-order valence-electron chi connectivity index (χ4n) is 0.958. The third-order valence-electron chi connectivity index (χ3n) is 1.57. The molecule has 70 valence electrons. The molecule has 1 rings (SSSR count). The van der Waals surface area contributed by atoms with Crippen molar-refractivity contribution in [3.63, 3.8) is 0 Å². The van der Waals surface area contributed by atoms with Crippen LogP contribution in [0.25, 0.3) is 0 Å². The molecule has 0 aliphatic heterocycles. The molecule has 0 bridgehead atoms. The smallest absolute Gasteiger partial charge is 0.338 e. The monoisotopic (exact) mass is 246 g/mol. The van der Waals surface area contributed by atoms with Crippen LogP contribution >= 0.6 is 15.9 Å². The van der Waals surface area contributed by atoms with Gasteiger partial charge in [-0.05, 0) is 17.7 Å². The van der Waals surface area contributed by atoms with Crippen molar-refractivity contribution >= 4 is 21.9 Å². The highest BCUT2D eigenvalue weighted by atomic mass is 79.9. The first-order valence-corrected chi connectivity index (χ1v) is 4.50. The lowest BCUT2D eigenvalue weighted by Crippen LogP contribution is -2.17. The van der Waals surface area contributed by atoms with Crippen molar-refractivity contribution in [2.75, 3.05) is 0 Å². The third-order valence-corrected chi connectivity index (χ3v) is 2.07. The molecule has 0 fully saturated rings. The quantitative estimate of drug-likeness (QED) is 0.890. The summed E-state index contributed by atoms with van der Waals surface area (Å²) in [5.41, 5.74) is 0.671. The second-order valence-corrected chi connectivity index (χ2v) is 3.56. The van der Waals surface area contributed by atoms with Gasteiger partial charge in [0.15, 0.2) is 0 Å². The summed E-state index contributed by atoms with van der Waals surface area (Å²) in [5, 5.41) is 8.33. The summed E-state index contributed by atoms with van der Waals surface area (Å²) < 4.78 is 13.5. The van der Waals surface area contributed by atoms with Crippen LogP contribution in [-0.2, 0) is 11.2 Å². The van der Waals surface area contributed by atoms with E-state index in [0.717, 1.165) is 4.47 Å². The highest BCUT2D eigenvalue weighted by Crippen LogP contribution is 2.13. The third kappa shape index (κ3) is 3.14. The predicted molar refractivity (Wildman–Crippen MR) is 50.4 cm³/mol. The van der Waals surface area contributed by atoms with Gasteiger partial charge in [0.05, 0.1) is 0 Å².